The second kappa shape index (κ2) is 3.87. The maximum atomic E-state index is 13.0. The van der Waals surface area contributed by atoms with Gasteiger partial charge in [-0.15, -0.1) is 0 Å². The van der Waals surface area contributed by atoms with Gasteiger partial charge in [0.1, 0.15) is 4.90 Å². The van der Waals surface area contributed by atoms with Gasteiger partial charge in [0, 0.05) is 5.56 Å². The van der Waals surface area contributed by atoms with E-state index in [4.69, 9.17) is 4.55 Å². The van der Waals surface area contributed by atoms with Gasteiger partial charge in [0.2, 0.25) is 0 Å². The van der Waals surface area contributed by atoms with Crippen LogP contribution in [0.15, 0.2) is 11.5 Å². The molecule has 3 nitrogen and oxygen atoms in total. The second-order valence-electron chi connectivity index (χ2n) is 2.68. The molecule has 0 aliphatic heterocycles. The Morgan fingerprint density at radius 3 is 1.81 bits per heavy atom. The summed E-state index contributed by atoms with van der Waals surface area (Å²) in [5, 5.41) is 0. The Labute approximate surface area is 87.8 Å². The van der Waals surface area contributed by atoms with E-state index in [0.29, 0.717) is 6.08 Å². The van der Waals surface area contributed by atoms with Gasteiger partial charge in [-0.25, -0.2) is 17.6 Å². The molecule has 0 radical (unpaired) electrons. The summed E-state index contributed by atoms with van der Waals surface area (Å²) in [7, 11) is -5.23. The predicted molar refractivity (Wildman–Crippen MR) is 46.2 cm³/mol. The molecule has 0 heterocycles. The van der Waals surface area contributed by atoms with Crippen molar-refractivity contribution in [1.29, 1.82) is 0 Å². The lowest BCUT2D eigenvalue weighted by atomic mass is 10.2. The minimum Gasteiger partial charge on any atom is -0.282 e. The lowest BCUT2D eigenvalue weighted by Gasteiger charge is -2.07. The van der Waals surface area contributed by atoms with E-state index >= 15 is 0 Å². The van der Waals surface area contributed by atoms with Gasteiger partial charge < -0.3 is 0 Å². The molecule has 16 heavy (non-hydrogen) atoms. The molecule has 1 aromatic carbocycles. The Morgan fingerprint density at radius 1 is 1.00 bits per heavy atom. The molecule has 0 aliphatic rings. The molecular weight excluding hydrogens is 252 g/mol. The smallest absolute Gasteiger partial charge is 0.282 e. The third kappa shape index (κ3) is 1.81. The van der Waals surface area contributed by atoms with Crippen LogP contribution in [0, 0.1) is 23.3 Å². The standard InChI is InChI=1S/C8H4F4O3S/c1-2-3-4(9)5(10)6(11)7(12)8(3)16(13,14)15/h2H,1H2,(H,13,14,15). The average Bonchev–Trinajstić information content (AvgIpc) is 2.18. The molecule has 0 atom stereocenters. The second-order valence-corrected chi connectivity index (χ2v) is 4.04. The monoisotopic (exact) mass is 256 g/mol. The summed E-state index contributed by atoms with van der Waals surface area (Å²) in [5.41, 5.74) is -1.17. The van der Waals surface area contributed by atoms with Crippen LogP contribution in [-0.2, 0) is 10.1 Å². The van der Waals surface area contributed by atoms with Crippen LogP contribution in [0.4, 0.5) is 17.6 Å². The van der Waals surface area contributed by atoms with Crippen LogP contribution in [0.5, 0.6) is 0 Å². The molecule has 1 aromatic rings. The molecule has 0 saturated carbocycles. The van der Waals surface area contributed by atoms with Crippen molar-refractivity contribution < 1.29 is 30.5 Å². The van der Waals surface area contributed by atoms with Crippen molar-refractivity contribution >= 4 is 16.2 Å². The summed E-state index contributed by atoms with van der Waals surface area (Å²) in [6.07, 6.45) is 0.448. The maximum absolute atomic E-state index is 13.0. The highest BCUT2D eigenvalue weighted by Gasteiger charge is 2.30. The Balaban J connectivity index is 3.94. The van der Waals surface area contributed by atoms with Gasteiger partial charge in [-0.1, -0.05) is 12.7 Å². The largest absolute Gasteiger partial charge is 0.298 e. The zero-order valence-corrected chi connectivity index (χ0v) is 8.28. The lowest BCUT2D eigenvalue weighted by molar-refractivity contribution is 0.389. The van der Waals surface area contributed by atoms with Crippen LogP contribution in [-0.4, -0.2) is 13.0 Å². The van der Waals surface area contributed by atoms with E-state index in [0.717, 1.165) is 0 Å². The van der Waals surface area contributed by atoms with Crippen molar-refractivity contribution in [2.45, 2.75) is 4.90 Å². The number of hydrogen-bond donors (Lipinski definition) is 1. The number of halogens is 4. The molecule has 0 unspecified atom stereocenters. The molecule has 0 fully saturated rings. The van der Waals surface area contributed by atoms with E-state index in [1.807, 2.05) is 0 Å². The van der Waals surface area contributed by atoms with E-state index < -0.39 is 43.8 Å². The van der Waals surface area contributed by atoms with Crippen molar-refractivity contribution in [2.24, 2.45) is 0 Å². The lowest BCUT2D eigenvalue weighted by Crippen LogP contribution is -2.11. The summed E-state index contributed by atoms with van der Waals surface area (Å²) in [5.74, 6) is -8.65. The first-order valence-electron chi connectivity index (χ1n) is 3.67. The summed E-state index contributed by atoms with van der Waals surface area (Å²) in [6, 6.07) is 0. The van der Waals surface area contributed by atoms with Crippen LogP contribution >= 0.6 is 0 Å². The first-order valence-corrected chi connectivity index (χ1v) is 5.11. The van der Waals surface area contributed by atoms with Gasteiger partial charge >= 0.3 is 0 Å². The van der Waals surface area contributed by atoms with Gasteiger partial charge in [0.25, 0.3) is 10.1 Å². The average molecular weight is 256 g/mol. The van der Waals surface area contributed by atoms with E-state index in [-0.39, 0.29) is 0 Å². The summed E-state index contributed by atoms with van der Waals surface area (Å²) in [6.45, 7) is 2.91. The molecule has 8 heteroatoms. The van der Waals surface area contributed by atoms with Gasteiger partial charge in [0.05, 0.1) is 0 Å². The molecule has 0 saturated heterocycles. The first-order chi connectivity index (χ1) is 7.21. The van der Waals surface area contributed by atoms with Gasteiger partial charge in [-0.05, 0) is 0 Å². The minimum absolute atomic E-state index is 0.448. The summed E-state index contributed by atoms with van der Waals surface area (Å²) >= 11 is 0. The topological polar surface area (TPSA) is 54.4 Å². The van der Waals surface area contributed by atoms with Crippen molar-refractivity contribution in [3.05, 3.63) is 35.4 Å². The molecule has 88 valence electrons. The molecule has 1 rings (SSSR count). The van der Waals surface area contributed by atoms with Crippen LogP contribution in [0.2, 0.25) is 0 Å². The summed E-state index contributed by atoms with van der Waals surface area (Å²) in [4.78, 5) is -1.68. The van der Waals surface area contributed by atoms with Gasteiger partial charge in [0.15, 0.2) is 23.3 Å². The fraction of sp³-hybridized carbons (Fsp3) is 0. The fourth-order valence-electron chi connectivity index (χ4n) is 1.06. The normalized spacial score (nSPS) is 11.6. The van der Waals surface area contributed by atoms with Crippen molar-refractivity contribution in [1.82, 2.24) is 0 Å². The van der Waals surface area contributed by atoms with Crippen molar-refractivity contribution in [2.75, 3.05) is 0 Å². The number of hydrogen-bond acceptors (Lipinski definition) is 2. The SMILES string of the molecule is C=Cc1c(F)c(F)c(F)c(F)c1S(=O)(=O)O. The molecule has 0 spiro atoms. The van der Waals surface area contributed by atoms with Crippen LogP contribution < -0.4 is 0 Å². The molecular formula is C8H4F4O3S. The van der Waals surface area contributed by atoms with Crippen molar-refractivity contribution in [3.63, 3.8) is 0 Å². The molecule has 1 N–H and O–H groups in total. The highest BCUT2D eigenvalue weighted by atomic mass is 32.2. The summed E-state index contributed by atoms with van der Waals surface area (Å²) < 4.78 is 81.3. The van der Waals surface area contributed by atoms with Gasteiger partial charge in [-0.2, -0.15) is 8.42 Å². The number of benzene rings is 1. The van der Waals surface area contributed by atoms with Gasteiger partial charge in [-0.3, -0.25) is 4.55 Å². The maximum Gasteiger partial charge on any atom is 0.298 e. The van der Waals surface area contributed by atoms with Crippen LogP contribution in [0.25, 0.3) is 6.08 Å². The molecule has 0 aromatic heterocycles. The number of rotatable bonds is 2. The Kier molecular flexibility index (Phi) is 3.06. The first kappa shape index (κ1) is 12.7. The van der Waals surface area contributed by atoms with Crippen LogP contribution in [0.3, 0.4) is 0 Å². The van der Waals surface area contributed by atoms with E-state index in [9.17, 15) is 26.0 Å². The Bertz CT molecular complexity index is 565. The quantitative estimate of drug-likeness (QED) is 0.381. The highest BCUT2D eigenvalue weighted by molar-refractivity contribution is 7.86. The highest BCUT2D eigenvalue weighted by Crippen LogP contribution is 2.28. The van der Waals surface area contributed by atoms with E-state index in [1.165, 1.54) is 0 Å². The predicted octanol–water partition coefficient (Wildman–Crippen LogP) is 2.13. The zero-order chi connectivity index (χ0) is 12.7. The fourth-order valence-corrected chi connectivity index (χ4v) is 1.83. The zero-order valence-electron chi connectivity index (χ0n) is 7.47. The third-order valence-corrected chi connectivity index (χ3v) is 2.64. The Hall–Kier alpha value is -1.41. The van der Waals surface area contributed by atoms with Crippen molar-refractivity contribution in [3.8, 4) is 0 Å². The third-order valence-electron chi connectivity index (χ3n) is 1.72. The van der Waals surface area contributed by atoms with Crippen LogP contribution in [0.1, 0.15) is 5.56 Å². The minimum atomic E-state index is -5.23. The van der Waals surface area contributed by atoms with E-state index in [2.05, 4.69) is 6.58 Å². The Morgan fingerprint density at radius 2 is 1.44 bits per heavy atom. The molecule has 0 bridgehead atoms. The molecule has 0 aliphatic carbocycles. The molecule has 0 amide bonds. The van der Waals surface area contributed by atoms with E-state index in [1.54, 1.807) is 0 Å².